The number of ketones is 1. The van der Waals surface area contributed by atoms with Crippen LogP contribution in [0.15, 0.2) is 60.7 Å². The summed E-state index contributed by atoms with van der Waals surface area (Å²) in [6.07, 6.45) is 2.54. The van der Waals surface area contributed by atoms with Crippen LogP contribution in [-0.2, 0) is 6.42 Å². The van der Waals surface area contributed by atoms with E-state index in [1.807, 2.05) is 36.4 Å². The van der Waals surface area contributed by atoms with Crippen LogP contribution in [0, 0.1) is 10.8 Å². The van der Waals surface area contributed by atoms with Crippen LogP contribution < -0.4 is 0 Å². The van der Waals surface area contributed by atoms with Crippen molar-refractivity contribution >= 4 is 5.78 Å². The van der Waals surface area contributed by atoms with E-state index in [2.05, 4.69) is 52.0 Å². The van der Waals surface area contributed by atoms with Gasteiger partial charge < -0.3 is 0 Å². The molecule has 1 unspecified atom stereocenters. The Balaban J connectivity index is 2.21. The van der Waals surface area contributed by atoms with E-state index in [1.165, 1.54) is 5.56 Å². The van der Waals surface area contributed by atoms with E-state index in [9.17, 15) is 4.79 Å². The molecule has 0 saturated carbocycles. The molecule has 0 heterocycles. The number of rotatable bonds is 6. The summed E-state index contributed by atoms with van der Waals surface area (Å²) in [6, 6.07) is 20.2. The van der Waals surface area contributed by atoms with Gasteiger partial charge in [-0.3, -0.25) is 4.79 Å². The van der Waals surface area contributed by atoms with Crippen molar-refractivity contribution in [1.82, 2.24) is 0 Å². The maximum Gasteiger partial charge on any atom is 0.163 e. The Hall–Kier alpha value is -1.89. The first-order valence-corrected chi connectivity index (χ1v) is 8.40. The Bertz CT molecular complexity index is 622. The molecular weight excluding hydrogens is 280 g/mol. The van der Waals surface area contributed by atoms with Gasteiger partial charge in [-0.25, -0.2) is 0 Å². The number of Topliss-reactive ketones (excluding diaryl/α,β-unsaturated/α-hetero) is 1. The third kappa shape index (κ3) is 5.67. The van der Waals surface area contributed by atoms with Crippen LogP contribution >= 0.6 is 0 Å². The fourth-order valence-corrected chi connectivity index (χ4v) is 3.67. The molecule has 0 aliphatic heterocycles. The van der Waals surface area contributed by atoms with Gasteiger partial charge in [-0.15, -0.1) is 0 Å². The number of carbonyl (C=O) groups excluding carboxylic acids is 1. The summed E-state index contributed by atoms with van der Waals surface area (Å²) in [5, 5.41) is 0. The lowest BCUT2D eigenvalue weighted by Gasteiger charge is -2.35. The van der Waals surface area contributed by atoms with E-state index >= 15 is 0 Å². The summed E-state index contributed by atoms with van der Waals surface area (Å²) < 4.78 is 0. The summed E-state index contributed by atoms with van der Waals surface area (Å²) in [7, 11) is 0. The van der Waals surface area contributed by atoms with Gasteiger partial charge in [-0.2, -0.15) is 0 Å². The van der Waals surface area contributed by atoms with Crippen molar-refractivity contribution in [1.29, 1.82) is 0 Å². The Kier molecular flexibility index (Phi) is 5.41. The Morgan fingerprint density at radius 1 is 0.826 bits per heavy atom. The Morgan fingerprint density at radius 2 is 1.35 bits per heavy atom. The molecule has 0 aliphatic rings. The summed E-state index contributed by atoms with van der Waals surface area (Å²) in [6.45, 7) is 9.02. The molecule has 1 atom stereocenters. The first-order chi connectivity index (χ1) is 10.8. The molecule has 0 bridgehead atoms. The zero-order valence-electron chi connectivity index (χ0n) is 14.8. The molecule has 2 aromatic carbocycles. The fraction of sp³-hybridized carbons (Fsp3) is 0.409. The molecule has 0 amide bonds. The zero-order valence-corrected chi connectivity index (χ0v) is 14.8. The largest absolute Gasteiger partial charge is 0.294 e. The first-order valence-electron chi connectivity index (χ1n) is 8.40. The van der Waals surface area contributed by atoms with Crippen molar-refractivity contribution in [3.63, 3.8) is 0 Å². The van der Waals surface area contributed by atoms with E-state index in [0.717, 1.165) is 18.4 Å². The fourth-order valence-electron chi connectivity index (χ4n) is 3.67. The van der Waals surface area contributed by atoms with Crippen molar-refractivity contribution < 1.29 is 4.79 Å². The van der Waals surface area contributed by atoms with Gasteiger partial charge in [0.15, 0.2) is 5.78 Å². The van der Waals surface area contributed by atoms with Crippen molar-refractivity contribution in [2.45, 2.75) is 47.0 Å². The number of benzene rings is 2. The maximum atomic E-state index is 12.7. The van der Waals surface area contributed by atoms with E-state index in [-0.39, 0.29) is 16.6 Å². The predicted octanol–water partition coefficient (Wildman–Crippen LogP) is 5.94. The first kappa shape index (κ1) is 17.5. The van der Waals surface area contributed by atoms with Crippen LogP contribution in [0.2, 0.25) is 0 Å². The Labute approximate surface area is 140 Å². The molecule has 122 valence electrons. The van der Waals surface area contributed by atoms with Crippen LogP contribution in [0.25, 0.3) is 0 Å². The molecular formula is C22H28O. The van der Waals surface area contributed by atoms with Gasteiger partial charge in [-0.1, -0.05) is 88.4 Å². The average Bonchev–Trinajstić information content (AvgIpc) is 2.46. The monoisotopic (exact) mass is 308 g/mol. The molecule has 0 aliphatic carbocycles. The molecule has 2 aromatic rings. The summed E-state index contributed by atoms with van der Waals surface area (Å²) in [5.74, 6) is 0.244. The SMILES string of the molecule is CC(C)(C)CC(C)(CC(=O)c1ccccc1)Cc1ccccc1. The minimum absolute atomic E-state index is 0.0352. The van der Waals surface area contributed by atoms with Crippen molar-refractivity contribution in [3.05, 3.63) is 71.8 Å². The van der Waals surface area contributed by atoms with Gasteiger partial charge >= 0.3 is 0 Å². The minimum Gasteiger partial charge on any atom is -0.294 e. The summed E-state index contributed by atoms with van der Waals surface area (Å²) >= 11 is 0. The highest BCUT2D eigenvalue weighted by Gasteiger charge is 2.32. The summed E-state index contributed by atoms with van der Waals surface area (Å²) in [5.41, 5.74) is 2.29. The normalized spacial score (nSPS) is 14.3. The van der Waals surface area contributed by atoms with Crippen LogP contribution in [-0.4, -0.2) is 5.78 Å². The van der Waals surface area contributed by atoms with Gasteiger partial charge in [0.1, 0.15) is 0 Å². The quantitative estimate of drug-likeness (QED) is 0.603. The maximum absolute atomic E-state index is 12.7. The molecule has 1 nitrogen and oxygen atoms in total. The van der Waals surface area contributed by atoms with Gasteiger partial charge in [0.2, 0.25) is 0 Å². The molecule has 0 aromatic heterocycles. The van der Waals surface area contributed by atoms with E-state index < -0.39 is 0 Å². The van der Waals surface area contributed by atoms with E-state index in [0.29, 0.717) is 6.42 Å². The minimum atomic E-state index is -0.0352. The second-order valence-electron chi connectivity index (χ2n) is 8.18. The van der Waals surface area contributed by atoms with E-state index in [1.54, 1.807) is 0 Å². The van der Waals surface area contributed by atoms with E-state index in [4.69, 9.17) is 0 Å². The van der Waals surface area contributed by atoms with Crippen LogP contribution in [0.3, 0.4) is 0 Å². The number of hydrogen-bond donors (Lipinski definition) is 0. The molecule has 0 spiro atoms. The van der Waals surface area contributed by atoms with Gasteiger partial charge in [0.25, 0.3) is 0 Å². The van der Waals surface area contributed by atoms with Crippen LogP contribution in [0.5, 0.6) is 0 Å². The highest BCUT2D eigenvalue weighted by atomic mass is 16.1. The van der Waals surface area contributed by atoms with Crippen LogP contribution in [0.1, 0.15) is 56.5 Å². The predicted molar refractivity (Wildman–Crippen MR) is 97.7 cm³/mol. The average molecular weight is 308 g/mol. The lowest BCUT2D eigenvalue weighted by atomic mass is 9.69. The molecule has 0 fully saturated rings. The van der Waals surface area contributed by atoms with Crippen molar-refractivity contribution in [2.75, 3.05) is 0 Å². The Morgan fingerprint density at radius 3 is 1.87 bits per heavy atom. The summed E-state index contributed by atoms with van der Waals surface area (Å²) in [4.78, 5) is 12.7. The van der Waals surface area contributed by atoms with Crippen LogP contribution in [0.4, 0.5) is 0 Å². The van der Waals surface area contributed by atoms with Gasteiger partial charge in [-0.05, 0) is 29.2 Å². The van der Waals surface area contributed by atoms with Gasteiger partial charge in [0.05, 0.1) is 0 Å². The van der Waals surface area contributed by atoms with Crippen molar-refractivity contribution in [2.24, 2.45) is 10.8 Å². The molecule has 0 saturated heterocycles. The molecule has 0 radical (unpaired) electrons. The molecule has 2 rings (SSSR count). The number of carbonyl (C=O) groups is 1. The highest BCUT2D eigenvalue weighted by Crippen LogP contribution is 2.39. The molecule has 0 N–H and O–H groups in total. The number of hydrogen-bond acceptors (Lipinski definition) is 1. The smallest absolute Gasteiger partial charge is 0.163 e. The third-order valence-corrected chi connectivity index (χ3v) is 4.11. The van der Waals surface area contributed by atoms with Gasteiger partial charge in [0, 0.05) is 12.0 Å². The second-order valence-corrected chi connectivity index (χ2v) is 8.18. The van der Waals surface area contributed by atoms with Crippen molar-refractivity contribution in [3.8, 4) is 0 Å². The standard InChI is InChI=1S/C22H28O/c1-21(2,3)17-22(4,15-18-11-7-5-8-12-18)16-20(23)19-13-9-6-10-14-19/h5-14H,15-17H2,1-4H3. The topological polar surface area (TPSA) is 17.1 Å². The third-order valence-electron chi connectivity index (χ3n) is 4.11. The molecule has 23 heavy (non-hydrogen) atoms. The second kappa shape index (κ2) is 7.12. The molecule has 1 heteroatoms. The zero-order chi connectivity index (χ0) is 16.9. The lowest BCUT2D eigenvalue weighted by molar-refractivity contribution is 0.0875. The lowest BCUT2D eigenvalue weighted by Crippen LogP contribution is -2.29. The highest BCUT2D eigenvalue weighted by molar-refractivity contribution is 5.96.